The SMILES string of the molecule is Cc1ccc(-c2csc(COc3ccc(C4SCCS4)cc3)n2)c(C)c1. The Balaban J connectivity index is 1.40. The highest BCUT2D eigenvalue weighted by molar-refractivity contribution is 8.19. The number of hydrogen-bond acceptors (Lipinski definition) is 5. The van der Waals surface area contributed by atoms with Gasteiger partial charge in [0, 0.05) is 22.4 Å². The van der Waals surface area contributed by atoms with Gasteiger partial charge in [-0.1, -0.05) is 35.9 Å². The van der Waals surface area contributed by atoms with E-state index in [1.54, 1.807) is 11.3 Å². The highest BCUT2D eigenvalue weighted by atomic mass is 32.2. The summed E-state index contributed by atoms with van der Waals surface area (Å²) in [4.78, 5) is 4.75. The first-order chi connectivity index (χ1) is 12.7. The zero-order valence-corrected chi connectivity index (χ0v) is 17.3. The van der Waals surface area contributed by atoms with Gasteiger partial charge in [-0.05, 0) is 37.1 Å². The number of nitrogens with zero attached hydrogens (tertiary/aromatic N) is 1. The van der Waals surface area contributed by atoms with Crippen LogP contribution in [0.15, 0.2) is 47.8 Å². The van der Waals surface area contributed by atoms with E-state index < -0.39 is 0 Å². The van der Waals surface area contributed by atoms with E-state index in [1.807, 2.05) is 23.5 Å². The topological polar surface area (TPSA) is 22.1 Å². The number of aromatic nitrogens is 1. The molecule has 0 atom stereocenters. The molecule has 1 aromatic heterocycles. The molecule has 0 N–H and O–H groups in total. The predicted octanol–water partition coefficient (Wildman–Crippen LogP) is 6.48. The predicted molar refractivity (Wildman–Crippen MR) is 115 cm³/mol. The minimum atomic E-state index is 0.516. The molecule has 5 heteroatoms. The van der Waals surface area contributed by atoms with Gasteiger partial charge in [0.05, 0.1) is 10.3 Å². The van der Waals surface area contributed by atoms with Crippen LogP contribution >= 0.6 is 34.9 Å². The zero-order chi connectivity index (χ0) is 17.9. The fourth-order valence-corrected chi connectivity index (χ4v) is 6.58. The second-order valence-electron chi connectivity index (χ2n) is 6.38. The summed E-state index contributed by atoms with van der Waals surface area (Å²) in [6.45, 7) is 4.77. The molecular weight excluding hydrogens is 378 g/mol. The van der Waals surface area contributed by atoms with Gasteiger partial charge in [-0.2, -0.15) is 0 Å². The smallest absolute Gasteiger partial charge is 0.140 e. The molecule has 1 aliphatic heterocycles. The van der Waals surface area contributed by atoms with Crippen molar-refractivity contribution in [3.05, 3.63) is 69.5 Å². The third-order valence-electron chi connectivity index (χ3n) is 4.35. The number of thiazole rings is 1. The van der Waals surface area contributed by atoms with Crippen LogP contribution in [0.5, 0.6) is 5.75 Å². The minimum Gasteiger partial charge on any atom is -0.486 e. The summed E-state index contributed by atoms with van der Waals surface area (Å²) in [5, 5.41) is 3.12. The van der Waals surface area contributed by atoms with E-state index in [0.29, 0.717) is 11.2 Å². The molecule has 0 bridgehead atoms. The van der Waals surface area contributed by atoms with Crippen LogP contribution in [0.25, 0.3) is 11.3 Å². The fourth-order valence-electron chi connectivity index (χ4n) is 3.02. The Morgan fingerprint density at radius 3 is 2.54 bits per heavy atom. The van der Waals surface area contributed by atoms with E-state index in [9.17, 15) is 0 Å². The Kier molecular flexibility index (Phi) is 5.57. The van der Waals surface area contributed by atoms with Crippen molar-refractivity contribution in [2.45, 2.75) is 25.0 Å². The summed E-state index contributed by atoms with van der Waals surface area (Å²) >= 11 is 5.71. The lowest BCUT2D eigenvalue weighted by atomic mass is 10.0. The van der Waals surface area contributed by atoms with Gasteiger partial charge in [0.15, 0.2) is 0 Å². The van der Waals surface area contributed by atoms with Crippen LogP contribution in [0.2, 0.25) is 0 Å². The molecule has 134 valence electrons. The number of aryl methyl sites for hydroxylation is 2. The Labute approximate surface area is 167 Å². The van der Waals surface area contributed by atoms with Gasteiger partial charge < -0.3 is 4.74 Å². The normalized spacial score (nSPS) is 14.7. The van der Waals surface area contributed by atoms with E-state index in [-0.39, 0.29) is 0 Å². The Bertz CT molecular complexity index is 883. The summed E-state index contributed by atoms with van der Waals surface area (Å²) < 4.78 is 6.53. The second-order valence-corrected chi connectivity index (χ2v) is 10.0. The van der Waals surface area contributed by atoms with Crippen molar-refractivity contribution in [3.8, 4) is 17.0 Å². The average molecular weight is 400 g/mol. The van der Waals surface area contributed by atoms with Crippen LogP contribution in [0.4, 0.5) is 0 Å². The van der Waals surface area contributed by atoms with Crippen molar-refractivity contribution in [1.29, 1.82) is 0 Å². The highest BCUT2D eigenvalue weighted by Crippen LogP contribution is 2.45. The quantitative estimate of drug-likeness (QED) is 0.489. The highest BCUT2D eigenvalue weighted by Gasteiger charge is 2.18. The van der Waals surface area contributed by atoms with Gasteiger partial charge in [0.25, 0.3) is 0 Å². The third kappa shape index (κ3) is 4.11. The van der Waals surface area contributed by atoms with Crippen LogP contribution in [0.3, 0.4) is 0 Å². The molecule has 0 saturated carbocycles. The maximum absolute atomic E-state index is 5.94. The average Bonchev–Trinajstić information content (AvgIpc) is 3.33. The van der Waals surface area contributed by atoms with Crippen LogP contribution < -0.4 is 4.74 Å². The Morgan fingerprint density at radius 2 is 1.81 bits per heavy atom. The number of ether oxygens (including phenoxy) is 1. The van der Waals surface area contributed by atoms with Crippen molar-refractivity contribution >= 4 is 34.9 Å². The van der Waals surface area contributed by atoms with Crippen molar-refractivity contribution in [2.75, 3.05) is 11.5 Å². The molecule has 3 aromatic rings. The van der Waals surface area contributed by atoms with Crippen LogP contribution in [-0.2, 0) is 6.61 Å². The van der Waals surface area contributed by atoms with Gasteiger partial charge in [0.1, 0.15) is 17.4 Å². The molecule has 0 radical (unpaired) electrons. The van der Waals surface area contributed by atoms with Crippen molar-refractivity contribution in [2.24, 2.45) is 0 Å². The summed E-state index contributed by atoms with van der Waals surface area (Å²) in [6, 6.07) is 15.0. The number of benzene rings is 2. The van der Waals surface area contributed by atoms with Gasteiger partial charge >= 0.3 is 0 Å². The molecule has 1 saturated heterocycles. The monoisotopic (exact) mass is 399 g/mol. The summed E-state index contributed by atoms with van der Waals surface area (Å²) in [5.74, 6) is 3.41. The summed E-state index contributed by atoms with van der Waals surface area (Å²) in [6.07, 6.45) is 0. The Hall–Kier alpha value is -1.43. The van der Waals surface area contributed by atoms with Crippen molar-refractivity contribution < 1.29 is 4.74 Å². The molecule has 2 aromatic carbocycles. The molecule has 0 amide bonds. The number of hydrogen-bond donors (Lipinski definition) is 0. The molecule has 0 unspecified atom stereocenters. The largest absolute Gasteiger partial charge is 0.486 e. The van der Waals surface area contributed by atoms with Crippen LogP contribution in [0.1, 0.15) is 26.3 Å². The van der Waals surface area contributed by atoms with E-state index in [2.05, 4.69) is 61.7 Å². The molecule has 1 aliphatic rings. The third-order valence-corrected chi connectivity index (χ3v) is 8.27. The van der Waals surface area contributed by atoms with E-state index in [1.165, 1.54) is 33.8 Å². The lowest BCUT2D eigenvalue weighted by Gasteiger charge is -2.09. The molecule has 2 heterocycles. The van der Waals surface area contributed by atoms with E-state index >= 15 is 0 Å². The lowest BCUT2D eigenvalue weighted by Crippen LogP contribution is -1.95. The van der Waals surface area contributed by atoms with E-state index in [4.69, 9.17) is 9.72 Å². The molecule has 0 spiro atoms. The van der Waals surface area contributed by atoms with Crippen molar-refractivity contribution in [3.63, 3.8) is 0 Å². The molecule has 26 heavy (non-hydrogen) atoms. The molecule has 1 fully saturated rings. The lowest BCUT2D eigenvalue weighted by molar-refractivity contribution is 0.305. The Morgan fingerprint density at radius 1 is 1.04 bits per heavy atom. The minimum absolute atomic E-state index is 0.516. The maximum atomic E-state index is 5.94. The standard InChI is InChI=1S/C21H21NOS3/c1-14-3-8-18(15(2)11-14)19-13-26-20(22-19)12-23-17-6-4-16(5-7-17)21-24-9-10-25-21/h3-8,11,13,21H,9-10,12H2,1-2H3. The molecule has 2 nitrogen and oxygen atoms in total. The molecule has 0 aliphatic carbocycles. The number of rotatable bonds is 5. The van der Waals surface area contributed by atoms with Crippen LogP contribution in [-0.4, -0.2) is 16.5 Å². The van der Waals surface area contributed by atoms with Crippen LogP contribution in [0, 0.1) is 13.8 Å². The van der Waals surface area contributed by atoms with E-state index in [0.717, 1.165) is 16.5 Å². The molecular formula is C21H21NOS3. The molecule has 4 rings (SSSR count). The van der Waals surface area contributed by atoms with Gasteiger partial charge in [0.2, 0.25) is 0 Å². The van der Waals surface area contributed by atoms with Crippen molar-refractivity contribution in [1.82, 2.24) is 4.98 Å². The fraction of sp³-hybridized carbons (Fsp3) is 0.286. The van der Waals surface area contributed by atoms with Gasteiger partial charge in [-0.15, -0.1) is 34.9 Å². The number of thioether (sulfide) groups is 2. The zero-order valence-electron chi connectivity index (χ0n) is 14.9. The first-order valence-electron chi connectivity index (χ1n) is 8.67. The van der Waals surface area contributed by atoms with Gasteiger partial charge in [-0.3, -0.25) is 0 Å². The summed E-state index contributed by atoms with van der Waals surface area (Å²) in [7, 11) is 0. The first kappa shape index (κ1) is 18.0. The summed E-state index contributed by atoms with van der Waals surface area (Å²) in [5.41, 5.74) is 6.17. The maximum Gasteiger partial charge on any atom is 0.140 e. The van der Waals surface area contributed by atoms with Gasteiger partial charge in [-0.25, -0.2) is 4.98 Å². The first-order valence-corrected chi connectivity index (χ1v) is 11.6. The second kappa shape index (κ2) is 8.07.